The second-order valence-electron chi connectivity index (χ2n) is 3.19. The average Bonchev–Trinajstić information content (AvgIpc) is 1.55. The highest BCUT2D eigenvalue weighted by molar-refractivity contribution is 14.1. The summed E-state index contributed by atoms with van der Waals surface area (Å²) in [6.45, 7) is 3.87. The van der Waals surface area contributed by atoms with Crippen molar-refractivity contribution < 1.29 is 13.2 Å². The fourth-order valence-corrected chi connectivity index (χ4v) is 1.09. The third-order valence-corrected chi connectivity index (χ3v) is 1.77. The molecule has 0 saturated carbocycles. The first-order chi connectivity index (χ1) is 4.71. The first kappa shape index (κ1) is 11.5. The summed E-state index contributed by atoms with van der Waals surface area (Å²) in [5.74, 6) is 0. The van der Waals surface area contributed by atoms with Crippen LogP contribution in [-0.4, -0.2) is 9.60 Å². The van der Waals surface area contributed by atoms with E-state index in [1.54, 1.807) is 0 Å². The van der Waals surface area contributed by atoms with Gasteiger partial charge in [-0.15, -0.1) is 0 Å². The second kappa shape index (κ2) is 3.96. The maximum Gasteiger partial charge on any atom is 0.389 e. The minimum absolute atomic E-state index is 0.0109. The van der Waals surface area contributed by atoms with Gasteiger partial charge in [-0.25, -0.2) is 0 Å². The summed E-state index contributed by atoms with van der Waals surface area (Å²) < 4.78 is 34.9. The molecule has 0 aliphatic heterocycles. The molecule has 0 fully saturated rings. The Morgan fingerprint density at radius 2 is 1.55 bits per heavy atom. The van der Waals surface area contributed by atoms with Gasteiger partial charge in [-0.1, -0.05) is 36.4 Å². The number of rotatable bonds is 3. The number of hydrogen-bond donors (Lipinski definition) is 0. The monoisotopic (exact) mass is 280 g/mol. The first-order valence-electron chi connectivity index (χ1n) is 3.46. The van der Waals surface area contributed by atoms with Crippen LogP contribution in [-0.2, 0) is 0 Å². The van der Waals surface area contributed by atoms with Gasteiger partial charge in [0.25, 0.3) is 0 Å². The lowest BCUT2D eigenvalue weighted by molar-refractivity contribution is -0.135. The Morgan fingerprint density at radius 3 is 1.82 bits per heavy atom. The maximum atomic E-state index is 11.6. The van der Waals surface area contributed by atoms with Crippen LogP contribution in [0.25, 0.3) is 0 Å². The van der Waals surface area contributed by atoms with Crippen molar-refractivity contribution in [2.75, 3.05) is 0 Å². The van der Waals surface area contributed by atoms with Gasteiger partial charge in [-0.3, -0.25) is 0 Å². The summed E-state index contributed by atoms with van der Waals surface area (Å²) in [5.41, 5.74) is 0. The van der Waals surface area contributed by atoms with Crippen LogP contribution in [0.4, 0.5) is 13.2 Å². The highest BCUT2D eigenvalue weighted by atomic mass is 127. The van der Waals surface area contributed by atoms with Crippen LogP contribution >= 0.6 is 22.6 Å². The first-order valence-corrected chi connectivity index (χ1v) is 4.54. The van der Waals surface area contributed by atoms with E-state index in [1.807, 2.05) is 13.8 Å². The molecule has 0 aliphatic rings. The minimum Gasteiger partial charge on any atom is -0.171 e. The molecule has 0 spiro atoms. The molecular formula is C7H12F3I. The number of halogens is 4. The van der Waals surface area contributed by atoms with E-state index < -0.39 is 12.6 Å². The van der Waals surface area contributed by atoms with Crippen molar-refractivity contribution in [2.24, 2.45) is 0 Å². The molecule has 0 aromatic carbocycles. The molecule has 0 bridgehead atoms. The van der Waals surface area contributed by atoms with Gasteiger partial charge in [0.05, 0.1) is 0 Å². The lowest BCUT2D eigenvalue weighted by atomic mass is 10.1. The summed E-state index contributed by atoms with van der Waals surface area (Å²) in [6.07, 6.45) is -3.78. The van der Waals surface area contributed by atoms with Crippen LogP contribution in [0.2, 0.25) is 0 Å². The standard InChI is InChI=1S/C7H12F3I/c1-6(2,11)4-3-5-7(8,9)10/h3-5H2,1-2H3. The van der Waals surface area contributed by atoms with Gasteiger partial charge in [-0.05, 0) is 12.8 Å². The second-order valence-corrected chi connectivity index (χ2v) is 6.11. The lowest BCUT2D eigenvalue weighted by Gasteiger charge is -2.15. The molecule has 4 heteroatoms. The van der Waals surface area contributed by atoms with E-state index in [9.17, 15) is 13.2 Å². The van der Waals surface area contributed by atoms with E-state index in [2.05, 4.69) is 22.6 Å². The summed E-state index contributed by atoms with van der Waals surface area (Å²) in [6, 6.07) is 0. The zero-order valence-electron chi connectivity index (χ0n) is 6.63. The number of hydrogen-bond acceptors (Lipinski definition) is 0. The van der Waals surface area contributed by atoms with Crippen LogP contribution in [0.3, 0.4) is 0 Å². The molecule has 0 aromatic rings. The van der Waals surface area contributed by atoms with Crippen LogP contribution in [0.15, 0.2) is 0 Å². The third-order valence-electron chi connectivity index (χ3n) is 1.23. The zero-order valence-corrected chi connectivity index (χ0v) is 8.79. The summed E-state index contributed by atoms with van der Waals surface area (Å²) in [4.78, 5) is 0. The molecule has 0 radical (unpaired) electrons. The van der Waals surface area contributed by atoms with Crippen molar-refractivity contribution in [3.05, 3.63) is 0 Å². The highest BCUT2D eigenvalue weighted by Gasteiger charge is 2.27. The van der Waals surface area contributed by atoms with Gasteiger partial charge in [-0.2, -0.15) is 13.2 Å². The topological polar surface area (TPSA) is 0 Å². The molecule has 0 unspecified atom stereocenters. The van der Waals surface area contributed by atoms with Crippen molar-refractivity contribution in [3.8, 4) is 0 Å². The largest absolute Gasteiger partial charge is 0.389 e. The molecule has 0 rings (SSSR count). The molecule has 0 saturated heterocycles. The molecular weight excluding hydrogens is 268 g/mol. The molecule has 0 atom stereocenters. The molecule has 0 N–H and O–H groups in total. The SMILES string of the molecule is CC(C)(I)CCCC(F)(F)F. The Morgan fingerprint density at radius 1 is 1.09 bits per heavy atom. The van der Waals surface area contributed by atoms with Gasteiger partial charge in [0.15, 0.2) is 0 Å². The Labute approximate surface area is 78.7 Å². The minimum atomic E-state index is -3.98. The molecule has 0 heterocycles. The molecule has 0 nitrogen and oxygen atoms in total. The molecule has 68 valence electrons. The summed E-state index contributed by atoms with van der Waals surface area (Å²) in [7, 11) is 0. The third kappa shape index (κ3) is 10.5. The molecule has 0 amide bonds. The van der Waals surface area contributed by atoms with E-state index in [0.717, 1.165) is 0 Å². The van der Waals surface area contributed by atoms with Crippen LogP contribution < -0.4 is 0 Å². The predicted molar refractivity (Wildman–Crippen MR) is 48.0 cm³/mol. The van der Waals surface area contributed by atoms with Crippen molar-refractivity contribution in [1.82, 2.24) is 0 Å². The van der Waals surface area contributed by atoms with Crippen molar-refractivity contribution >= 4 is 22.6 Å². The molecule has 0 aromatic heterocycles. The maximum absolute atomic E-state index is 11.6. The van der Waals surface area contributed by atoms with Crippen LogP contribution in [0.5, 0.6) is 0 Å². The van der Waals surface area contributed by atoms with Gasteiger partial charge < -0.3 is 0 Å². The smallest absolute Gasteiger partial charge is 0.171 e. The zero-order chi connectivity index (χ0) is 9.12. The predicted octanol–water partition coefficient (Wildman–Crippen LogP) is 3.93. The Balaban J connectivity index is 3.44. The van der Waals surface area contributed by atoms with Gasteiger partial charge in [0.1, 0.15) is 0 Å². The van der Waals surface area contributed by atoms with Crippen molar-refractivity contribution in [1.29, 1.82) is 0 Å². The lowest BCUT2D eigenvalue weighted by Crippen LogP contribution is -2.12. The quantitative estimate of drug-likeness (QED) is 0.542. The van der Waals surface area contributed by atoms with Crippen LogP contribution in [0, 0.1) is 0 Å². The van der Waals surface area contributed by atoms with Gasteiger partial charge in [0.2, 0.25) is 0 Å². The normalized spacial score (nSPS) is 13.6. The molecule has 11 heavy (non-hydrogen) atoms. The average molecular weight is 280 g/mol. The number of alkyl halides is 4. The Kier molecular flexibility index (Phi) is 4.15. The van der Waals surface area contributed by atoms with E-state index in [4.69, 9.17) is 0 Å². The van der Waals surface area contributed by atoms with Gasteiger partial charge >= 0.3 is 6.18 Å². The summed E-state index contributed by atoms with van der Waals surface area (Å²) in [5, 5.41) is 0. The fraction of sp³-hybridized carbons (Fsp3) is 1.00. The van der Waals surface area contributed by atoms with Crippen molar-refractivity contribution in [2.45, 2.75) is 42.7 Å². The van der Waals surface area contributed by atoms with E-state index in [0.29, 0.717) is 6.42 Å². The van der Waals surface area contributed by atoms with E-state index in [1.165, 1.54) is 0 Å². The Hall–Kier alpha value is 0.520. The Bertz CT molecular complexity index is 97.8. The fourth-order valence-electron chi connectivity index (χ4n) is 0.709. The van der Waals surface area contributed by atoms with E-state index >= 15 is 0 Å². The van der Waals surface area contributed by atoms with E-state index in [-0.39, 0.29) is 9.84 Å². The van der Waals surface area contributed by atoms with Crippen LogP contribution in [0.1, 0.15) is 33.1 Å². The van der Waals surface area contributed by atoms with Crippen molar-refractivity contribution in [3.63, 3.8) is 0 Å². The van der Waals surface area contributed by atoms with Gasteiger partial charge in [0, 0.05) is 9.84 Å². The highest BCUT2D eigenvalue weighted by Crippen LogP contribution is 2.28. The summed E-state index contributed by atoms with van der Waals surface area (Å²) >= 11 is 2.16. The molecule has 0 aliphatic carbocycles.